The van der Waals surface area contributed by atoms with Gasteiger partial charge in [-0.05, 0) is 42.0 Å². The number of thioether (sulfide) groups is 1. The van der Waals surface area contributed by atoms with Gasteiger partial charge in [-0.15, -0.1) is 10.2 Å². The van der Waals surface area contributed by atoms with E-state index in [9.17, 15) is 0 Å². The van der Waals surface area contributed by atoms with Crippen LogP contribution in [0, 0.1) is 0 Å². The molecule has 2 heterocycles. The van der Waals surface area contributed by atoms with E-state index in [0.717, 1.165) is 22.5 Å². The van der Waals surface area contributed by atoms with E-state index in [1.165, 1.54) is 5.56 Å². The molecule has 4 aromatic rings. The van der Waals surface area contributed by atoms with Crippen molar-refractivity contribution in [2.24, 2.45) is 0 Å². The van der Waals surface area contributed by atoms with Gasteiger partial charge in [0.25, 0.3) is 0 Å². The van der Waals surface area contributed by atoms with Gasteiger partial charge in [0.15, 0.2) is 10.9 Å². The minimum atomic E-state index is 0.556. The molecule has 7 heteroatoms. The molecular weight excluding hydrogens is 394 g/mol. The van der Waals surface area contributed by atoms with Crippen molar-refractivity contribution in [1.82, 2.24) is 14.8 Å². The molecule has 2 aromatic carbocycles. The van der Waals surface area contributed by atoms with Crippen LogP contribution in [-0.2, 0) is 6.54 Å². The Morgan fingerprint density at radius 1 is 0.964 bits per heavy atom. The third-order valence-electron chi connectivity index (χ3n) is 4.04. The Bertz CT molecular complexity index is 1000. The summed E-state index contributed by atoms with van der Waals surface area (Å²) < 4.78 is 13.4. The second kappa shape index (κ2) is 8.99. The summed E-state index contributed by atoms with van der Waals surface area (Å²) in [6.45, 7) is 1.23. The van der Waals surface area contributed by atoms with Gasteiger partial charge >= 0.3 is 0 Å². The van der Waals surface area contributed by atoms with Gasteiger partial charge in [0.2, 0.25) is 5.82 Å². The van der Waals surface area contributed by atoms with Crippen molar-refractivity contribution in [3.8, 4) is 17.3 Å². The standard InChI is InChI=1S/C21H18ClN3O2S/c22-17-8-10-18(11-9-17)26-13-14-28-21-24-23-20(19-7-4-12-27-19)25(21)15-16-5-2-1-3-6-16/h1-12H,13-15H2. The summed E-state index contributed by atoms with van der Waals surface area (Å²) in [6, 6.07) is 21.3. The Kier molecular flexibility index (Phi) is 5.99. The van der Waals surface area contributed by atoms with Crippen LogP contribution in [0.4, 0.5) is 0 Å². The van der Waals surface area contributed by atoms with Crippen LogP contribution in [0.2, 0.25) is 5.02 Å². The van der Waals surface area contributed by atoms with E-state index in [1.54, 1.807) is 18.0 Å². The summed E-state index contributed by atoms with van der Waals surface area (Å²) in [6.07, 6.45) is 1.64. The summed E-state index contributed by atoms with van der Waals surface area (Å²) in [5.41, 5.74) is 1.18. The summed E-state index contributed by atoms with van der Waals surface area (Å²) in [5, 5.41) is 10.2. The average molecular weight is 412 g/mol. The van der Waals surface area contributed by atoms with Crippen molar-refractivity contribution in [3.05, 3.63) is 83.6 Å². The first-order valence-electron chi connectivity index (χ1n) is 8.82. The SMILES string of the molecule is Clc1ccc(OCCSc2nnc(-c3ccco3)n2Cc2ccccc2)cc1. The highest BCUT2D eigenvalue weighted by Gasteiger charge is 2.16. The van der Waals surface area contributed by atoms with Crippen LogP contribution in [0.1, 0.15) is 5.56 Å². The number of benzene rings is 2. The Hall–Kier alpha value is -2.70. The Balaban J connectivity index is 1.46. The van der Waals surface area contributed by atoms with Crippen LogP contribution in [0.15, 0.2) is 82.6 Å². The normalized spacial score (nSPS) is 10.9. The lowest BCUT2D eigenvalue weighted by Gasteiger charge is -2.10. The first kappa shape index (κ1) is 18.7. The van der Waals surface area contributed by atoms with Gasteiger partial charge in [-0.2, -0.15) is 0 Å². The molecule has 0 saturated carbocycles. The fraction of sp³-hybridized carbons (Fsp3) is 0.143. The number of aromatic nitrogens is 3. The van der Waals surface area contributed by atoms with Crippen molar-refractivity contribution in [3.63, 3.8) is 0 Å². The van der Waals surface area contributed by atoms with E-state index in [2.05, 4.69) is 26.9 Å². The molecule has 0 fully saturated rings. The van der Waals surface area contributed by atoms with E-state index in [1.807, 2.05) is 54.6 Å². The molecule has 28 heavy (non-hydrogen) atoms. The largest absolute Gasteiger partial charge is 0.493 e. The zero-order valence-corrected chi connectivity index (χ0v) is 16.6. The zero-order valence-electron chi connectivity index (χ0n) is 15.0. The number of halogens is 1. The molecule has 0 radical (unpaired) electrons. The highest BCUT2D eigenvalue weighted by Crippen LogP contribution is 2.25. The van der Waals surface area contributed by atoms with Gasteiger partial charge in [0.1, 0.15) is 5.75 Å². The molecule has 0 N–H and O–H groups in total. The highest BCUT2D eigenvalue weighted by atomic mass is 35.5. The van der Waals surface area contributed by atoms with Gasteiger partial charge in [-0.3, -0.25) is 4.57 Å². The van der Waals surface area contributed by atoms with Crippen LogP contribution in [-0.4, -0.2) is 27.1 Å². The molecular formula is C21H18ClN3O2S. The first-order chi connectivity index (χ1) is 13.8. The molecule has 0 bridgehead atoms. The molecule has 2 aromatic heterocycles. The van der Waals surface area contributed by atoms with Crippen LogP contribution < -0.4 is 4.74 Å². The molecule has 0 aliphatic carbocycles. The molecule has 0 atom stereocenters. The lowest BCUT2D eigenvalue weighted by Crippen LogP contribution is -2.06. The third-order valence-corrected chi connectivity index (χ3v) is 5.22. The summed E-state index contributed by atoms with van der Waals surface area (Å²) in [4.78, 5) is 0. The topological polar surface area (TPSA) is 53.1 Å². The van der Waals surface area contributed by atoms with E-state index in [-0.39, 0.29) is 0 Å². The second-order valence-corrected chi connectivity index (χ2v) is 7.50. The van der Waals surface area contributed by atoms with Gasteiger partial charge in [-0.1, -0.05) is 53.7 Å². The number of ether oxygens (including phenoxy) is 1. The lowest BCUT2D eigenvalue weighted by molar-refractivity contribution is 0.344. The van der Waals surface area contributed by atoms with Gasteiger partial charge in [0.05, 0.1) is 19.4 Å². The first-order valence-corrected chi connectivity index (χ1v) is 10.2. The number of furan rings is 1. The maximum atomic E-state index is 5.90. The predicted octanol–water partition coefficient (Wildman–Crippen LogP) is 5.41. The quantitative estimate of drug-likeness (QED) is 0.286. The minimum Gasteiger partial charge on any atom is -0.493 e. The van der Waals surface area contributed by atoms with Crippen molar-refractivity contribution in [2.75, 3.05) is 12.4 Å². The minimum absolute atomic E-state index is 0.556. The number of rotatable bonds is 8. The van der Waals surface area contributed by atoms with Crippen molar-refractivity contribution in [2.45, 2.75) is 11.7 Å². The molecule has 5 nitrogen and oxygen atoms in total. The Morgan fingerprint density at radius 2 is 1.79 bits per heavy atom. The molecule has 142 valence electrons. The lowest BCUT2D eigenvalue weighted by atomic mass is 10.2. The van der Waals surface area contributed by atoms with Crippen LogP contribution in [0.5, 0.6) is 5.75 Å². The van der Waals surface area contributed by atoms with E-state index >= 15 is 0 Å². The fourth-order valence-electron chi connectivity index (χ4n) is 2.72. The number of nitrogens with zero attached hydrogens (tertiary/aromatic N) is 3. The van der Waals surface area contributed by atoms with Gasteiger partial charge < -0.3 is 9.15 Å². The monoisotopic (exact) mass is 411 g/mol. The number of hydrogen-bond donors (Lipinski definition) is 0. The second-order valence-electron chi connectivity index (χ2n) is 6.01. The molecule has 0 unspecified atom stereocenters. The Labute approximate surface area is 172 Å². The summed E-state index contributed by atoms with van der Waals surface area (Å²) >= 11 is 7.50. The van der Waals surface area contributed by atoms with E-state index in [4.69, 9.17) is 20.8 Å². The summed E-state index contributed by atoms with van der Waals surface area (Å²) in [7, 11) is 0. The van der Waals surface area contributed by atoms with Gasteiger partial charge in [0, 0.05) is 10.8 Å². The van der Waals surface area contributed by atoms with E-state index < -0.39 is 0 Å². The molecule has 0 saturated heterocycles. The molecule has 0 aliphatic rings. The van der Waals surface area contributed by atoms with Crippen LogP contribution in [0.3, 0.4) is 0 Å². The predicted molar refractivity (Wildman–Crippen MR) is 111 cm³/mol. The number of hydrogen-bond acceptors (Lipinski definition) is 5. The fourth-order valence-corrected chi connectivity index (χ4v) is 3.60. The van der Waals surface area contributed by atoms with Crippen molar-refractivity contribution < 1.29 is 9.15 Å². The van der Waals surface area contributed by atoms with Crippen LogP contribution >= 0.6 is 23.4 Å². The molecule has 0 amide bonds. The van der Waals surface area contributed by atoms with E-state index in [0.29, 0.717) is 23.9 Å². The Morgan fingerprint density at radius 3 is 2.54 bits per heavy atom. The summed E-state index contributed by atoms with van der Waals surface area (Å²) in [5.74, 6) is 2.96. The average Bonchev–Trinajstić information content (AvgIpc) is 3.38. The molecule has 0 spiro atoms. The molecule has 0 aliphatic heterocycles. The van der Waals surface area contributed by atoms with Gasteiger partial charge in [-0.25, -0.2) is 0 Å². The molecule has 4 rings (SSSR count). The van der Waals surface area contributed by atoms with Crippen LogP contribution in [0.25, 0.3) is 11.6 Å². The smallest absolute Gasteiger partial charge is 0.200 e. The maximum Gasteiger partial charge on any atom is 0.200 e. The third kappa shape index (κ3) is 4.58. The maximum absolute atomic E-state index is 5.90. The van der Waals surface area contributed by atoms with Crippen molar-refractivity contribution >= 4 is 23.4 Å². The van der Waals surface area contributed by atoms with Crippen molar-refractivity contribution in [1.29, 1.82) is 0 Å². The highest BCUT2D eigenvalue weighted by molar-refractivity contribution is 7.99. The zero-order chi connectivity index (χ0) is 19.2.